The Labute approximate surface area is 121 Å². The number of nitro groups is 1. The van der Waals surface area contributed by atoms with Crippen molar-refractivity contribution in [2.45, 2.75) is 71.6 Å². The first-order valence-corrected chi connectivity index (χ1v) is 7.57. The first-order valence-electron chi connectivity index (χ1n) is 7.57. The lowest BCUT2D eigenvalue weighted by Crippen LogP contribution is -2.05. The minimum absolute atomic E-state index is 0.228. The maximum Gasteiger partial charge on any atom is 0.382 e. The van der Waals surface area contributed by atoms with Crippen LogP contribution in [0.1, 0.15) is 71.6 Å². The number of rotatable bonds is 12. The van der Waals surface area contributed by atoms with E-state index in [1.54, 1.807) is 13.0 Å². The van der Waals surface area contributed by atoms with Crippen molar-refractivity contribution < 1.29 is 9.66 Å². The van der Waals surface area contributed by atoms with E-state index in [0.29, 0.717) is 13.0 Å². The van der Waals surface area contributed by atoms with Gasteiger partial charge in [-0.2, -0.15) is 5.26 Å². The van der Waals surface area contributed by atoms with Gasteiger partial charge < -0.3 is 4.74 Å². The molecule has 0 saturated heterocycles. The van der Waals surface area contributed by atoms with Gasteiger partial charge in [0, 0.05) is 6.42 Å². The number of hydrogen-bond donors (Lipinski definition) is 0. The molecule has 0 saturated carbocycles. The molecule has 0 amide bonds. The molecule has 0 atom stereocenters. The van der Waals surface area contributed by atoms with E-state index < -0.39 is 10.6 Å². The predicted octanol–water partition coefficient (Wildman–Crippen LogP) is 4.57. The van der Waals surface area contributed by atoms with Crippen LogP contribution in [-0.2, 0) is 4.74 Å². The van der Waals surface area contributed by atoms with Gasteiger partial charge in [-0.15, -0.1) is 0 Å². The van der Waals surface area contributed by atoms with Crippen LogP contribution in [0.5, 0.6) is 0 Å². The van der Waals surface area contributed by atoms with Gasteiger partial charge in [0.05, 0.1) is 11.5 Å². The highest BCUT2D eigenvalue weighted by Gasteiger charge is 2.18. The number of nitrogens with zero attached hydrogens (tertiary/aromatic N) is 2. The van der Waals surface area contributed by atoms with Gasteiger partial charge in [0.1, 0.15) is 0 Å². The van der Waals surface area contributed by atoms with Crippen molar-refractivity contribution in [2.75, 3.05) is 6.61 Å². The average Bonchev–Trinajstić information content (AvgIpc) is 2.42. The molecule has 0 unspecified atom stereocenters. The summed E-state index contributed by atoms with van der Waals surface area (Å²) in [4.78, 5) is 10.1. The molecule has 114 valence electrons. The third-order valence-corrected chi connectivity index (χ3v) is 3.13. The molecule has 0 aromatic heterocycles. The van der Waals surface area contributed by atoms with Gasteiger partial charge in [-0.3, -0.25) is 10.1 Å². The van der Waals surface area contributed by atoms with Crippen molar-refractivity contribution in [1.82, 2.24) is 0 Å². The Balaban J connectivity index is 4.00. The second-order valence-corrected chi connectivity index (χ2v) is 4.80. The minimum Gasteiger partial charge on any atom is -0.490 e. The predicted molar refractivity (Wildman–Crippen MR) is 78.5 cm³/mol. The van der Waals surface area contributed by atoms with Gasteiger partial charge in [0.25, 0.3) is 0 Å². The van der Waals surface area contributed by atoms with Crippen LogP contribution in [0, 0.1) is 21.4 Å². The maximum atomic E-state index is 10.7. The number of ether oxygens (including phenoxy) is 1. The Morgan fingerprint density at radius 3 is 2.10 bits per heavy atom. The summed E-state index contributed by atoms with van der Waals surface area (Å²) in [5, 5.41) is 19.5. The van der Waals surface area contributed by atoms with E-state index in [1.807, 2.05) is 0 Å². The van der Waals surface area contributed by atoms with Crippen molar-refractivity contribution in [1.29, 1.82) is 5.26 Å². The largest absolute Gasteiger partial charge is 0.490 e. The lowest BCUT2D eigenvalue weighted by atomic mass is 10.1. The van der Waals surface area contributed by atoms with Crippen LogP contribution < -0.4 is 0 Å². The molecular weight excluding hydrogens is 256 g/mol. The highest BCUT2D eigenvalue weighted by molar-refractivity contribution is 5.16. The smallest absolute Gasteiger partial charge is 0.382 e. The highest BCUT2D eigenvalue weighted by atomic mass is 16.6. The molecule has 0 bridgehead atoms. The Hall–Kier alpha value is -1.57. The maximum absolute atomic E-state index is 10.7. The van der Waals surface area contributed by atoms with E-state index >= 15 is 0 Å². The molecular formula is C15H26N2O3. The van der Waals surface area contributed by atoms with E-state index in [0.717, 1.165) is 19.3 Å². The van der Waals surface area contributed by atoms with E-state index in [1.165, 1.54) is 32.1 Å². The second-order valence-electron chi connectivity index (χ2n) is 4.80. The molecule has 0 fully saturated rings. The molecule has 0 aliphatic rings. The molecule has 0 aromatic carbocycles. The zero-order valence-electron chi connectivity index (χ0n) is 12.7. The number of hydrogen-bond acceptors (Lipinski definition) is 4. The third kappa shape index (κ3) is 8.52. The van der Waals surface area contributed by atoms with Gasteiger partial charge in [-0.1, -0.05) is 51.9 Å². The minimum atomic E-state index is -0.657. The van der Waals surface area contributed by atoms with Gasteiger partial charge >= 0.3 is 5.70 Å². The van der Waals surface area contributed by atoms with Crippen molar-refractivity contribution in [2.24, 2.45) is 0 Å². The number of nitriles is 1. The molecule has 0 rings (SSSR count). The van der Waals surface area contributed by atoms with Gasteiger partial charge in [-0.25, -0.2) is 0 Å². The van der Waals surface area contributed by atoms with E-state index in [-0.39, 0.29) is 5.76 Å². The van der Waals surface area contributed by atoms with Crippen LogP contribution in [0.3, 0.4) is 0 Å². The highest BCUT2D eigenvalue weighted by Crippen LogP contribution is 2.17. The monoisotopic (exact) mass is 282 g/mol. The zero-order valence-corrected chi connectivity index (χ0v) is 12.7. The van der Waals surface area contributed by atoms with Crippen LogP contribution in [0.4, 0.5) is 0 Å². The van der Waals surface area contributed by atoms with E-state index in [9.17, 15) is 10.1 Å². The normalized spacial score (nSPS) is 11.7. The van der Waals surface area contributed by atoms with E-state index in [4.69, 9.17) is 10.00 Å². The molecule has 0 heterocycles. The van der Waals surface area contributed by atoms with Crippen molar-refractivity contribution >= 4 is 0 Å². The van der Waals surface area contributed by atoms with Crippen LogP contribution in [0.2, 0.25) is 0 Å². The van der Waals surface area contributed by atoms with E-state index in [2.05, 4.69) is 6.92 Å². The SMILES string of the molecule is CCCCCCCCCCC(OCC)=C(C#N)[N+](=O)[O-]. The van der Waals surface area contributed by atoms with Crippen LogP contribution in [0.15, 0.2) is 11.5 Å². The Bertz CT molecular complexity index is 346. The average molecular weight is 282 g/mol. The Morgan fingerprint density at radius 1 is 1.10 bits per heavy atom. The third-order valence-electron chi connectivity index (χ3n) is 3.13. The summed E-state index contributed by atoms with van der Waals surface area (Å²) >= 11 is 0. The molecule has 5 nitrogen and oxygen atoms in total. The topological polar surface area (TPSA) is 76.2 Å². The molecule has 0 N–H and O–H groups in total. The Kier molecular flexibility index (Phi) is 11.5. The lowest BCUT2D eigenvalue weighted by Gasteiger charge is -2.07. The number of allylic oxidation sites excluding steroid dienone is 2. The summed E-state index contributed by atoms with van der Waals surface area (Å²) < 4.78 is 5.23. The first kappa shape index (κ1) is 18.4. The van der Waals surface area contributed by atoms with Gasteiger partial charge in [-0.05, 0) is 13.3 Å². The molecule has 0 aromatic rings. The quantitative estimate of drug-likeness (QED) is 0.173. The van der Waals surface area contributed by atoms with Crippen LogP contribution >= 0.6 is 0 Å². The van der Waals surface area contributed by atoms with Crippen molar-refractivity contribution in [3.63, 3.8) is 0 Å². The summed E-state index contributed by atoms with van der Waals surface area (Å²) in [6.45, 7) is 4.32. The fraction of sp³-hybridized carbons (Fsp3) is 0.800. The van der Waals surface area contributed by atoms with Crippen molar-refractivity contribution in [3.05, 3.63) is 21.6 Å². The Morgan fingerprint density at radius 2 is 1.65 bits per heavy atom. The summed E-state index contributed by atoms with van der Waals surface area (Å²) in [5.74, 6) is 0.228. The summed E-state index contributed by atoms with van der Waals surface area (Å²) in [5.41, 5.74) is -0.449. The molecule has 0 aliphatic heterocycles. The fourth-order valence-corrected chi connectivity index (χ4v) is 2.06. The molecule has 0 radical (unpaired) electrons. The van der Waals surface area contributed by atoms with Crippen molar-refractivity contribution in [3.8, 4) is 6.07 Å². The molecule has 0 spiro atoms. The summed E-state index contributed by atoms with van der Waals surface area (Å²) in [6, 6.07) is 1.62. The zero-order chi connectivity index (χ0) is 15.2. The molecule has 20 heavy (non-hydrogen) atoms. The second kappa shape index (κ2) is 12.5. The molecule has 5 heteroatoms. The van der Waals surface area contributed by atoms with Crippen LogP contribution in [0.25, 0.3) is 0 Å². The first-order chi connectivity index (χ1) is 9.67. The van der Waals surface area contributed by atoms with Gasteiger partial charge in [0.15, 0.2) is 11.8 Å². The lowest BCUT2D eigenvalue weighted by molar-refractivity contribution is -0.420. The standard InChI is InChI=1S/C15H26N2O3/c1-3-5-6-7-8-9-10-11-12-15(20-4-2)14(13-16)17(18)19/h3-12H2,1-2H3. The van der Waals surface area contributed by atoms with Gasteiger partial charge in [0.2, 0.25) is 0 Å². The van der Waals surface area contributed by atoms with Crippen LogP contribution in [-0.4, -0.2) is 11.5 Å². The summed E-state index contributed by atoms with van der Waals surface area (Å²) in [7, 11) is 0. The number of unbranched alkanes of at least 4 members (excludes halogenated alkanes) is 7. The fourth-order valence-electron chi connectivity index (χ4n) is 2.06. The molecule has 0 aliphatic carbocycles. The summed E-state index contributed by atoms with van der Waals surface area (Å²) in [6.07, 6.45) is 9.80.